The Labute approximate surface area is 244 Å². The number of fused-ring (bicyclic) bond motifs is 1. The van der Waals surface area contributed by atoms with Gasteiger partial charge in [-0.3, -0.25) is 0 Å². The van der Waals surface area contributed by atoms with Crippen molar-refractivity contribution in [3.05, 3.63) is 22.3 Å². The van der Waals surface area contributed by atoms with Gasteiger partial charge in [0.05, 0.1) is 0 Å². The van der Waals surface area contributed by atoms with Gasteiger partial charge in [-0.05, 0) is 87.8 Å². The van der Waals surface area contributed by atoms with Crippen LogP contribution in [0.5, 0.6) is 11.5 Å². The summed E-state index contributed by atoms with van der Waals surface area (Å²) in [5.74, 6) is 4.59. The van der Waals surface area contributed by atoms with E-state index in [1.165, 1.54) is 102 Å². The zero-order valence-corrected chi connectivity index (χ0v) is 27.7. The first-order chi connectivity index (χ1) is 18.5. The Morgan fingerprint density at radius 1 is 0.744 bits per heavy atom. The van der Waals surface area contributed by atoms with Crippen molar-refractivity contribution in [1.29, 1.82) is 0 Å². The minimum absolute atomic E-state index is 0.109. The molecule has 0 saturated carbocycles. The van der Waals surface area contributed by atoms with E-state index < -0.39 is 0 Å². The number of aromatic hydroxyl groups is 1. The highest BCUT2D eigenvalue weighted by Crippen LogP contribution is 2.48. The van der Waals surface area contributed by atoms with Crippen LogP contribution >= 0.6 is 0 Å². The molecule has 0 aromatic heterocycles. The summed E-state index contributed by atoms with van der Waals surface area (Å²) in [6.45, 7) is 20.6. The van der Waals surface area contributed by atoms with E-state index in [0.717, 1.165) is 53.0 Å². The maximum absolute atomic E-state index is 10.8. The van der Waals surface area contributed by atoms with E-state index in [9.17, 15) is 5.11 Å². The van der Waals surface area contributed by atoms with Crippen LogP contribution < -0.4 is 4.74 Å². The smallest absolute Gasteiger partial charge is 0.127 e. The van der Waals surface area contributed by atoms with E-state index >= 15 is 0 Å². The maximum Gasteiger partial charge on any atom is 0.127 e. The molecular formula is C37H66O2. The molecule has 0 fully saturated rings. The molecule has 39 heavy (non-hydrogen) atoms. The standard InChI is InChI=1S/C37H66O2/c1-10-11-12-13-14-15-24-33-26-34-32(8)35(38)30(6)31(7)36(34)39-37(33,9)25-18-23-29(5)22-17-21-28(4)20-16-19-27(2)3/h27-29,33,38H,10-26H2,1-9H3/t28-,29+,33?,37-/m0/s1. The van der Waals surface area contributed by atoms with Crippen molar-refractivity contribution in [2.24, 2.45) is 23.7 Å². The number of hydrogen-bond acceptors (Lipinski definition) is 2. The van der Waals surface area contributed by atoms with Crippen molar-refractivity contribution >= 4 is 0 Å². The van der Waals surface area contributed by atoms with Crippen molar-refractivity contribution in [3.63, 3.8) is 0 Å². The fourth-order valence-corrected chi connectivity index (χ4v) is 6.94. The van der Waals surface area contributed by atoms with Crippen LogP contribution in [0.15, 0.2) is 0 Å². The summed E-state index contributed by atoms with van der Waals surface area (Å²) >= 11 is 0. The van der Waals surface area contributed by atoms with Crippen LogP contribution in [0.4, 0.5) is 0 Å². The molecule has 1 unspecified atom stereocenters. The van der Waals surface area contributed by atoms with E-state index in [0.29, 0.717) is 11.7 Å². The third-order valence-corrected chi connectivity index (χ3v) is 10.1. The number of phenolic OH excluding ortho intramolecular Hbond substituents is 1. The second-order valence-electron chi connectivity index (χ2n) is 14.3. The van der Waals surface area contributed by atoms with Crippen LogP contribution in [0.25, 0.3) is 0 Å². The summed E-state index contributed by atoms with van der Waals surface area (Å²) in [6.07, 6.45) is 22.3. The largest absolute Gasteiger partial charge is 0.507 e. The number of hydrogen-bond donors (Lipinski definition) is 1. The number of ether oxygens (including phenoxy) is 1. The van der Waals surface area contributed by atoms with E-state index in [4.69, 9.17) is 4.74 Å². The topological polar surface area (TPSA) is 29.5 Å². The summed E-state index contributed by atoms with van der Waals surface area (Å²) < 4.78 is 7.01. The quantitative estimate of drug-likeness (QED) is 0.176. The molecule has 0 amide bonds. The van der Waals surface area contributed by atoms with Gasteiger partial charge in [0.15, 0.2) is 0 Å². The average molecular weight is 543 g/mol. The number of benzene rings is 1. The lowest BCUT2D eigenvalue weighted by atomic mass is 9.73. The maximum atomic E-state index is 10.8. The molecule has 1 heterocycles. The zero-order valence-electron chi connectivity index (χ0n) is 27.7. The van der Waals surface area contributed by atoms with Gasteiger partial charge in [-0.15, -0.1) is 0 Å². The Bertz CT molecular complexity index is 841. The first-order valence-corrected chi connectivity index (χ1v) is 17.0. The van der Waals surface area contributed by atoms with Crippen molar-refractivity contribution in [3.8, 4) is 11.5 Å². The highest BCUT2D eigenvalue weighted by atomic mass is 16.5. The number of phenols is 1. The van der Waals surface area contributed by atoms with Gasteiger partial charge in [0.2, 0.25) is 0 Å². The normalized spacial score (nSPS) is 20.6. The molecule has 1 aliphatic heterocycles. The van der Waals surface area contributed by atoms with Gasteiger partial charge < -0.3 is 9.84 Å². The van der Waals surface area contributed by atoms with Crippen LogP contribution in [-0.2, 0) is 6.42 Å². The molecule has 1 aromatic carbocycles. The summed E-state index contributed by atoms with van der Waals surface area (Å²) in [4.78, 5) is 0. The Kier molecular flexibility index (Phi) is 14.8. The van der Waals surface area contributed by atoms with Crippen molar-refractivity contribution in [2.45, 2.75) is 177 Å². The van der Waals surface area contributed by atoms with E-state index in [1.807, 2.05) is 6.92 Å². The van der Waals surface area contributed by atoms with Gasteiger partial charge in [-0.2, -0.15) is 0 Å². The minimum atomic E-state index is -0.109. The van der Waals surface area contributed by atoms with E-state index in [2.05, 4.69) is 55.4 Å². The number of unbranched alkanes of at least 4 members (excludes halogenated alkanes) is 5. The van der Waals surface area contributed by atoms with Gasteiger partial charge in [0, 0.05) is 11.5 Å². The van der Waals surface area contributed by atoms with Crippen LogP contribution in [0.1, 0.15) is 167 Å². The first kappa shape index (κ1) is 34.0. The fourth-order valence-electron chi connectivity index (χ4n) is 6.94. The highest BCUT2D eigenvalue weighted by Gasteiger charge is 2.41. The molecule has 0 radical (unpaired) electrons. The van der Waals surface area contributed by atoms with Crippen molar-refractivity contribution in [2.75, 3.05) is 0 Å². The van der Waals surface area contributed by atoms with E-state index in [1.54, 1.807) is 0 Å². The molecule has 0 bridgehead atoms. The third-order valence-electron chi connectivity index (χ3n) is 10.1. The van der Waals surface area contributed by atoms with Crippen molar-refractivity contribution < 1.29 is 9.84 Å². The molecule has 2 nitrogen and oxygen atoms in total. The Morgan fingerprint density at radius 3 is 1.92 bits per heavy atom. The molecule has 0 saturated heterocycles. The summed E-state index contributed by atoms with van der Waals surface area (Å²) in [6, 6.07) is 0. The lowest BCUT2D eigenvalue weighted by Crippen LogP contribution is -2.45. The number of rotatable bonds is 19. The van der Waals surface area contributed by atoms with Crippen molar-refractivity contribution in [1.82, 2.24) is 0 Å². The van der Waals surface area contributed by atoms with Crippen LogP contribution in [-0.4, -0.2) is 10.7 Å². The lowest BCUT2D eigenvalue weighted by Gasteiger charge is -2.44. The summed E-state index contributed by atoms with van der Waals surface area (Å²) in [5.41, 5.74) is 4.31. The second kappa shape index (κ2) is 16.9. The molecule has 1 N–H and O–H groups in total. The van der Waals surface area contributed by atoms with Gasteiger partial charge in [-0.25, -0.2) is 0 Å². The second-order valence-corrected chi connectivity index (χ2v) is 14.3. The fraction of sp³-hybridized carbons (Fsp3) is 0.838. The van der Waals surface area contributed by atoms with E-state index in [-0.39, 0.29) is 5.60 Å². The van der Waals surface area contributed by atoms with Gasteiger partial charge in [0.25, 0.3) is 0 Å². The molecule has 4 atom stereocenters. The molecule has 1 aromatic rings. The Hall–Kier alpha value is -1.18. The highest BCUT2D eigenvalue weighted by molar-refractivity contribution is 5.58. The summed E-state index contributed by atoms with van der Waals surface area (Å²) in [7, 11) is 0. The molecule has 0 spiro atoms. The van der Waals surface area contributed by atoms with Gasteiger partial charge >= 0.3 is 0 Å². The van der Waals surface area contributed by atoms with Crippen LogP contribution in [0, 0.1) is 44.4 Å². The Balaban J connectivity index is 1.95. The molecule has 0 aliphatic carbocycles. The SMILES string of the molecule is CCCCCCCCC1Cc2c(C)c(O)c(C)c(C)c2O[C@@]1(C)CCC[C@H](C)CCC[C@@H](C)CCCC(C)C. The molecule has 2 heteroatoms. The summed E-state index contributed by atoms with van der Waals surface area (Å²) in [5, 5.41) is 10.8. The Morgan fingerprint density at radius 2 is 1.31 bits per heavy atom. The lowest BCUT2D eigenvalue weighted by molar-refractivity contribution is -0.00685. The van der Waals surface area contributed by atoms with Crippen LogP contribution in [0.3, 0.4) is 0 Å². The predicted molar refractivity (Wildman–Crippen MR) is 171 cm³/mol. The van der Waals surface area contributed by atoms with Crippen LogP contribution in [0.2, 0.25) is 0 Å². The molecule has 1 aliphatic rings. The molecular weight excluding hydrogens is 476 g/mol. The average Bonchev–Trinajstić information content (AvgIpc) is 2.88. The third kappa shape index (κ3) is 10.6. The molecule has 2 rings (SSSR count). The zero-order chi connectivity index (χ0) is 29.0. The predicted octanol–water partition coefficient (Wildman–Crippen LogP) is 11.8. The van der Waals surface area contributed by atoms with Gasteiger partial charge in [0.1, 0.15) is 17.1 Å². The molecule has 226 valence electrons. The first-order valence-electron chi connectivity index (χ1n) is 17.0. The van der Waals surface area contributed by atoms with Gasteiger partial charge in [-0.1, -0.05) is 118 Å². The monoisotopic (exact) mass is 543 g/mol. The minimum Gasteiger partial charge on any atom is -0.507 e.